The number of rotatable bonds is 3. The summed E-state index contributed by atoms with van der Waals surface area (Å²) in [6.07, 6.45) is 3.24. The fourth-order valence-corrected chi connectivity index (χ4v) is 1.27. The highest BCUT2D eigenvalue weighted by Gasteiger charge is 2.11. The van der Waals surface area contributed by atoms with Gasteiger partial charge >= 0.3 is 0 Å². The van der Waals surface area contributed by atoms with E-state index in [2.05, 4.69) is 57.2 Å². The van der Waals surface area contributed by atoms with Crippen LogP contribution in [0.5, 0.6) is 0 Å². The first-order chi connectivity index (χ1) is 5.99. The van der Waals surface area contributed by atoms with Gasteiger partial charge in [0.15, 0.2) is 11.9 Å². The van der Waals surface area contributed by atoms with E-state index in [1.54, 1.807) is 0 Å². The minimum atomic E-state index is 0. The molecule has 0 radical (unpaired) electrons. The summed E-state index contributed by atoms with van der Waals surface area (Å²) in [6, 6.07) is 6.36. The van der Waals surface area contributed by atoms with Crippen molar-refractivity contribution in [3.05, 3.63) is 30.1 Å². The van der Waals surface area contributed by atoms with Crippen molar-refractivity contribution in [2.45, 2.75) is 6.42 Å². The van der Waals surface area contributed by atoms with Crippen LogP contribution in [0, 0.1) is 0 Å². The number of quaternary nitrogens is 1. The number of aryl methyl sites for hydroxylation is 1. The van der Waals surface area contributed by atoms with Gasteiger partial charge in [0.05, 0.1) is 34.1 Å². The van der Waals surface area contributed by atoms with E-state index in [0.29, 0.717) is 0 Å². The number of pyridine rings is 1. The average Bonchev–Trinajstić information content (AvgIpc) is 2.01. The number of nitrogens with zero attached hydrogens (tertiary/aromatic N) is 2. The summed E-state index contributed by atoms with van der Waals surface area (Å²) < 4.78 is 3.21. The van der Waals surface area contributed by atoms with Crippen LogP contribution < -0.4 is 52.5 Å². The average molecular weight is 434 g/mol. The molecule has 0 spiro atoms. The molecule has 1 aromatic rings. The molecule has 0 fully saturated rings. The van der Waals surface area contributed by atoms with Crippen molar-refractivity contribution in [3.63, 3.8) is 0 Å². The maximum absolute atomic E-state index is 2.23. The molecule has 1 heterocycles. The molecular weight excluding hydrogens is 414 g/mol. The number of aromatic nitrogens is 1. The highest BCUT2D eigenvalue weighted by atomic mass is 127. The molecule has 4 heteroatoms. The Balaban J connectivity index is 0. The third-order valence-corrected chi connectivity index (χ3v) is 2.20. The predicted molar refractivity (Wildman–Crippen MR) is 54.2 cm³/mol. The summed E-state index contributed by atoms with van der Waals surface area (Å²) in [6.45, 7) is 1.18. The van der Waals surface area contributed by atoms with Crippen molar-refractivity contribution in [3.8, 4) is 0 Å². The van der Waals surface area contributed by atoms with E-state index in [4.69, 9.17) is 0 Å². The maximum atomic E-state index is 2.23. The van der Waals surface area contributed by atoms with Gasteiger partial charge in [0.1, 0.15) is 7.05 Å². The summed E-state index contributed by atoms with van der Waals surface area (Å²) in [7, 11) is 8.78. The number of hydrogen-bond donors (Lipinski definition) is 0. The molecule has 0 unspecified atom stereocenters. The Morgan fingerprint density at radius 3 is 2.20 bits per heavy atom. The van der Waals surface area contributed by atoms with Gasteiger partial charge in [0.25, 0.3) is 0 Å². The quantitative estimate of drug-likeness (QED) is 0.255. The smallest absolute Gasteiger partial charge is 0.186 e. The fraction of sp³-hybridized carbons (Fsp3) is 0.545. The van der Waals surface area contributed by atoms with Crippen LogP contribution in [-0.2, 0) is 13.5 Å². The van der Waals surface area contributed by atoms with E-state index in [1.807, 2.05) is 0 Å². The second-order valence-corrected chi connectivity index (χ2v) is 4.57. The van der Waals surface area contributed by atoms with Gasteiger partial charge in [-0.05, 0) is 0 Å². The Labute approximate surface area is 127 Å². The topological polar surface area (TPSA) is 3.88 Å². The molecule has 0 saturated carbocycles. The highest BCUT2D eigenvalue weighted by Crippen LogP contribution is 1.97. The van der Waals surface area contributed by atoms with Gasteiger partial charge < -0.3 is 52.4 Å². The van der Waals surface area contributed by atoms with Crippen LogP contribution in [0.2, 0.25) is 0 Å². The van der Waals surface area contributed by atoms with Crippen molar-refractivity contribution < 1.29 is 57.0 Å². The first-order valence-corrected chi connectivity index (χ1v) is 4.73. The molecule has 2 nitrogen and oxygen atoms in total. The first kappa shape index (κ1) is 17.9. The van der Waals surface area contributed by atoms with E-state index in [1.165, 1.54) is 12.2 Å². The van der Waals surface area contributed by atoms with Crippen LogP contribution in [0.15, 0.2) is 24.4 Å². The molecule has 0 aliphatic rings. The fourth-order valence-electron chi connectivity index (χ4n) is 1.27. The van der Waals surface area contributed by atoms with Crippen LogP contribution in [0.4, 0.5) is 0 Å². The second-order valence-electron chi connectivity index (χ2n) is 4.57. The largest absolute Gasteiger partial charge is 1.00 e. The molecule has 0 saturated heterocycles. The predicted octanol–water partition coefficient (Wildman–Crippen LogP) is -5.23. The van der Waals surface area contributed by atoms with Gasteiger partial charge in [-0.25, -0.2) is 4.57 Å². The van der Waals surface area contributed by atoms with Gasteiger partial charge in [-0.3, -0.25) is 0 Å². The molecule has 0 N–H and O–H groups in total. The highest BCUT2D eigenvalue weighted by molar-refractivity contribution is 4.97. The zero-order valence-electron chi connectivity index (χ0n) is 9.87. The third kappa shape index (κ3) is 7.46. The van der Waals surface area contributed by atoms with Crippen LogP contribution in [-0.4, -0.2) is 32.2 Å². The lowest BCUT2D eigenvalue weighted by Crippen LogP contribution is -3.00. The van der Waals surface area contributed by atoms with E-state index in [0.717, 1.165) is 10.9 Å². The first-order valence-electron chi connectivity index (χ1n) is 4.73. The number of halogens is 2. The van der Waals surface area contributed by atoms with Crippen molar-refractivity contribution in [2.24, 2.45) is 7.05 Å². The van der Waals surface area contributed by atoms with Gasteiger partial charge in [0.2, 0.25) is 0 Å². The Morgan fingerprint density at radius 2 is 1.73 bits per heavy atom. The molecule has 1 rings (SSSR count). The minimum absolute atomic E-state index is 0. The molecule has 15 heavy (non-hydrogen) atoms. The van der Waals surface area contributed by atoms with Crippen molar-refractivity contribution in [1.29, 1.82) is 0 Å². The Bertz CT molecular complexity index is 282. The van der Waals surface area contributed by atoms with Crippen molar-refractivity contribution in [2.75, 3.05) is 27.7 Å². The monoisotopic (exact) mass is 434 g/mol. The summed E-state index contributed by atoms with van der Waals surface area (Å²) >= 11 is 0. The molecule has 1 aromatic heterocycles. The summed E-state index contributed by atoms with van der Waals surface area (Å²) in [5.74, 6) is 0. The number of likely N-dealkylation sites (N-methyl/N-ethyl adjacent to an activating group) is 1. The lowest BCUT2D eigenvalue weighted by Gasteiger charge is -2.22. The molecule has 0 atom stereocenters. The third-order valence-electron chi connectivity index (χ3n) is 2.20. The van der Waals surface area contributed by atoms with E-state index in [-0.39, 0.29) is 48.0 Å². The Morgan fingerprint density at radius 1 is 1.13 bits per heavy atom. The molecule has 0 aliphatic carbocycles. The standard InChI is InChI=1S/C11H20N2.2HI/c1-12-9-6-5-7-11(12)8-10-13(2,3)4;;/h5-7,9H,8,10H2,1-4H3;2*1H/q+2;;/p-2. The second kappa shape index (κ2) is 7.78. The zero-order chi connectivity index (χ0) is 9.90. The van der Waals surface area contributed by atoms with Gasteiger partial charge in [-0.1, -0.05) is 6.07 Å². The van der Waals surface area contributed by atoms with Crippen LogP contribution in [0.3, 0.4) is 0 Å². The molecule has 0 amide bonds. The molecular formula is C11H20I2N2. The summed E-state index contributed by atoms with van der Waals surface area (Å²) in [5.41, 5.74) is 1.40. The Hall–Kier alpha value is 0.570. The van der Waals surface area contributed by atoms with E-state index in [9.17, 15) is 0 Å². The van der Waals surface area contributed by atoms with Gasteiger partial charge in [-0.15, -0.1) is 0 Å². The summed E-state index contributed by atoms with van der Waals surface area (Å²) in [5, 5.41) is 0. The molecule has 88 valence electrons. The van der Waals surface area contributed by atoms with Crippen LogP contribution in [0.1, 0.15) is 5.69 Å². The maximum Gasteiger partial charge on any atom is 0.186 e. The van der Waals surface area contributed by atoms with E-state index >= 15 is 0 Å². The SMILES string of the molecule is C[n+]1ccccc1CC[N+](C)(C)C.[I-].[I-]. The lowest BCUT2D eigenvalue weighted by atomic mass is 10.2. The normalized spacial score (nSPS) is 10.1. The zero-order valence-corrected chi connectivity index (χ0v) is 14.2. The lowest BCUT2D eigenvalue weighted by molar-refractivity contribution is -0.871. The van der Waals surface area contributed by atoms with Crippen LogP contribution in [0.25, 0.3) is 0 Å². The van der Waals surface area contributed by atoms with Crippen LogP contribution >= 0.6 is 0 Å². The molecule has 0 aromatic carbocycles. The molecule has 0 aliphatic heterocycles. The van der Waals surface area contributed by atoms with Gasteiger partial charge in [-0.2, -0.15) is 0 Å². The molecule has 0 bridgehead atoms. The minimum Gasteiger partial charge on any atom is -1.00 e. The Kier molecular flexibility index (Phi) is 9.31. The van der Waals surface area contributed by atoms with Crippen molar-refractivity contribution >= 4 is 0 Å². The summed E-state index contributed by atoms with van der Waals surface area (Å²) in [4.78, 5) is 0. The van der Waals surface area contributed by atoms with Crippen molar-refractivity contribution in [1.82, 2.24) is 0 Å². The number of hydrogen-bond acceptors (Lipinski definition) is 0. The van der Waals surface area contributed by atoms with Gasteiger partial charge in [0, 0.05) is 12.1 Å². The van der Waals surface area contributed by atoms with E-state index < -0.39 is 0 Å².